The van der Waals surface area contributed by atoms with Crippen LogP contribution < -0.4 is 25.4 Å². The Bertz CT molecular complexity index is 2870. The number of hydrogen-bond donors (Lipinski definition) is 3. The summed E-state index contributed by atoms with van der Waals surface area (Å²) >= 11 is 1.43. The fourth-order valence-corrected chi connectivity index (χ4v) is 12.1. The third-order valence-electron chi connectivity index (χ3n) is 13.2. The van der Waals surface area contributed by atoms with Gasteiger partial charge in [0.1, 0.15) is 46.8 Å². The van der Waals surface area contributed by atoms with Crippen LogP contribution in [-0.2, 0) is 37.4 Å². The molecule has 2 aliphatic carbocycles. The van der Waals surface area contributed by atoms with Crippen molar-refractivity contribution in [2.24, 2.45) is 11.3 Å². The molecule has 8 rings (SSSR count). The Labute approximate surface area is 439 Å². The Morgan fingerprint density at radius 1 is 0.880 bits per heavy atom. The van der Waals surface area contributed by atoms with E-state index in [0.717, 1.165) is 12.8 Å². The second-order valence-electron chi connectivity index (χ2n) is 20.0. The maximum atomic E-state index is 15.4. The summed E-state index contributed by atoms with van der Waals surface area (Å²) in [4.78, 5) is 81.0. The molecule has 3 heterocycles. The number of nitrogens with zero attached hydrogens (tertiary/aromatic N) is 3. The molecule has 0 spiro atoms. The highest BCUT2D eigenvalue weighted by Gasteiger charge is 2.69. The molecule has 5 atom stereocenters. The standard InChI is InChI=1S/C54H63N6O13PS/c1-8-36-28-54(36,74(66,70-31-68-49(63)34-17-11-9-12-18-34)71-32-69-50(64)35-19-13-10-14-20-35)59-47(61)44-26-39(29-60(44)48(62)46(53(4,5)6)58-52(65)73-37-21-15-16-22-37)72-45-27-42(43-30-75-51(57-43)55-33(2)3)56-41-25-38(67-7)23-24-40(41)45/h8-14,17-20,23-25,27,30,33,36-37,39,44,46H,1,15-16,21-22,26,28-29,31-32H2,2-7H3,(H,55,57)(H,58,65)(H,59,61)/t36?,39-,44?,46-,54+/m1/s1. The number of nitrogens with one attached hydrogen (secondary N) is 3. The molecule has 19 nitrogen and oxygen atoms in total. The molecule has 3 aromatic carbocycles. The highest BCUT2D eigenvalue weighted by atomic mass is 32.1. The summed E-state index contributed by atoms with van der Waals surface area (Å²) in [5.74, 6) is -2.75. The molecule has 5 aromatic rings. The maximum Gasteiger partial charge on any atom is 0.408 e. The monoisotopic (exact) mass is 1070 g/mol. The fourth-order valence-electron chi connectivity index (χ4n) is 9.17. The number of rotatable bonds is 21. The Morgan fingerprint density at radius 2 is 1.52 bits per heavy atom. The first-order chi connectivity index (χ1) is 35.9. The van der Waals surface area contributed by atoms with Gasteiger partial charge in [-0.15, -0.1) is 17.9 Å². The van der Waals surface area contributed by atoms with Crippen LogP contribution in [0.1, 0.15) is 93.9 Å². The van der Waals surface area contributed by atoms with E-state index in [2.05, 4.69) is 22.5 Å². The first-order valence-corrected chi connectivity index (χ1v) is 27.3. The van der Waals surface area contributed by atoms with Gasteiger partial charge in [0.15, 0.2) is 5.13 Å². The van der Waals surface area contributed by atoms with Crippen molar-refractivity contribution in [3.63, 3.8) is 0 Å². The van der Waals surface area contributed by atoms with Crippen LogP contribution in [0.15, 0.2) is 103 Å². The van der Waals surface area contributed by atoms with E-state index >= 15 is 14.2 Å². The number of anilines is 1. The second-order valence-corrected chi connectivity index (χ2v) is 23.2. The lowest BCUT2D eigenvalue weighted by Crippen LogP contribution is -2.58. The molecule has 3 N–H and O–H groups in total. The minimum atomic E-state index is -4.73. The number of pyridine rings is 1. The maximum absolute atomic E-state index is 15.4. The van der Waals surface area contributed by atoms with Crippen molar-refractivity contribution >= 4 is 64.8 Å². The smallest absolute Gasteiger partial charge is 0.408 e. The Hall–Kier alpha value is -6.86. The third-order valence-corrected chi connectivity index (χ3v) is 16.5. The van der Waals surface area contributed by atoms with E-state index in [9.17, 15) is 14.4 Å². The molecule has 0 bridgehead atoms. The van der Waals surface area contributed by atoms with Crippen molar-refractivity contribution < 1.29 is 61.3 Å². The minimum Gasteiger partial charge on any atom is -0.497 e. The Balaban J connectivity index is 1.12. The lowest BCUT2D eigenvalue weighted by molar-refractivity contribution is -0.142. The molecular weight excluding hydrogens is 1000 g/mol. The average molecular weight is 1070 g/mol. The zero-order chi connectivity index (χ0) is 53.5. The molecule has 2 saturated carbocycles. The molecule has 75 heavy (non-hydrogen) atoms. The van der Waals surface area contributed by atoms with Gasteiger partial charge >= 0.3 is 25.6 Å². The molecule has 2 unspecified atom stereocenters. The molecule has 21 heteroatoms. The predicted molar refractivity (Wildman–Crippen MR) is 280 cm³/mol. The normalized spacial score (nSPS) is 20.0. The van der Waals surface area contributed by atoms with Crippen LogP contribution in [-0.4, -0.2) is 108 Å². The van der Waals surface area contributed by atoms with Crippen LogP contribution in [0.4, 0.5) is 9.93 Å². The number of hydrogen-bond acceptors (Lipinski definition) is 17. The second kappa shape index (κ2) is 23.4. The summed E-state index contributed by atoms with van der Waals surface area (Å²) in [7, 11) is -3.18. The van der Waals surface area contributed by atoms with Crippen LogP contribution in [0.5, 0.6) is 11.5 Å². The van der Waals surface area contributed by atoms with E-state index in [0.29, 0.717) is 51.8 Å². The summed E-state index contributed by atoms with van der Waals surface area (Å²) < 4.78 is 56.0. The molecule has 2 aromatic heterocycles. The number of ether oxygens (including phenoxy) is 5. The van der Waals surface area contributed by atoms with Gasteiger partial charge in [0.05, 0.1) is 36.0 Å². The molecule has 398 valence electrons. The molecular formula is C54H63N6O13PS. The van der Waals surface area contributed by atoms with Gasteiger partial charge in [0.2, 0.25) is 25.4 Å². The number of thiazole rings is 1. The largest absolute Gasteiger partial charge is 0.497 e. The number of esters is 2. The topological polar surface area (TPSA) is 232 Å². The van der Waals surface area contributed by atoms with Crippen LogP contribution in [0, 0.1) is 11.3 Å². The molecule has 3 fully saturated rings. The van der Waals surface area contributed by atoms with Gasteiger partial charge in [-0.1, -0.05) is 63.2 Å². The number of carbonyl (C=O) groups is 5. The molecule has 1 aliphatic heterocycles. The fraction of sp³-hybridized carbons (Fsp3) is 0.426. The Kier molecular flexibility index (Phi) is 16.9. The lowest BCUT2D eigenvalue weighted by Gasteiger charge is -2.36. The quantitative estimate of drug-likeness (QED) is 0.0204. The van der Waals surface area contributed by atoms with Crippen molar-refractivity contribution in [2.75, 3.05) is 32.6 Å². The number of aromatic nitrogens is 2. The van der Waals surface area contributed by atoms with Gasteiger partial charge in [-0.25, -0.2) is 24.4 Å². The number of alkyl carbamates (subject to hydrolysis) is 1. The van der Waals surface area contributed by atoms with Crippen molar-refractivity contribution in [3.05, 3.63) is 114 Å². The van der Waals surface area contributed by atoms with Crippen LogP contribution >= 0.6 is 18.9 Å². The summed E-state index contributed by atoms with van der Waals surface area (Å²) in [6, 6.07) is 20.9. The van der Waals surface area contributed by atoms with Gasteiger partial charge in [-0.2, -0.15) is 0 Å². The van der Waals surface area contributed by atoms with E-state index in [1.165, 1.54) is 46.6 Å². The summed E-state index contributed by atoms with van der Waals surface area (Å²) in [6.45, 7) is 11.4. The lowest BCUT2D eigenvalue weighted by atomic mass is 9.85. The molecule has 1 saturated heterocycles. The van der Waals surface area contributed by atoms with Crippen molar-refractivity contribution in [1.82, 2.24) is 25.5 Å². The summed E-state index contributed by atoms with van der Waals surface area (Å²) in [5.41, 5.74) is 1.12. The first-order valence-electron chi connectivity index (χ1n) is 24.8. The van der Waals surface area contributed by atoms with Gasteiger partial charge in [0.25, 0.3) is 0 Å². The minimum absolute atomic E-state index is 0.0289. The van der Waals surface area contributed by atoms with Crippen molar-refractivity contribution in [3.8, 4) is 22.9 Å². The van der Waals surface area contributed by atoms with E-state index < -0.39 is 85.8 Å². The summed E-state index contributed by atoms with van der Waals surface area (Å²) in [5, 5.41) is 10.4. The molecule has 3 amide bonds. The van der Waals surface area contributed by atoms with Gasteiger partial charge in [0, 0.05) is 41.3 Å². The zero-order valence-electron chi connectivity index (χ0n) is 42.8. The van der Waals surface area contributed by atoms with Gasteiger partial charge in [-0.3, -0.25) is 23.2 Å². The van der Waals surface area contributed by atoms with Crippen LogP contribution in [0.2, 0.25) is 0 Å². The number of carbonyl (C=O) groups excluding carboxylic acids is 5. The number of benzene rings is 3. The Morgan fingerprint density at radius 3 is 2.09 bits per heavy atom. The van der Waals surface area contributed by atoms with Crippen molar-refractivity contribution in [1.29, 1.82) is 0 Å². The van der Waals surface area contributed by atoms with Crippen LogP contribution in [0.3, 0.4) is 0 Å². The SMILES string of the molecule is C=CC1C[C@]1(NC(=O)C1C[C@@H](Oc2cc(-c3csc(NC(C)C)n3)nc3cc(OC)ccc23)CN1C(=O)[C@@H](NC(=O)OC1CCCC1)C(C)(C)C)P(=O)(OCOC(=O)c1ccccc1)OCOC(=O)c1ccccc1. The number of methoxy groups -OCH3 is 1. The van der Waals surface area contributed by atoms with Gasteiger partial charge in [-0.05, 0) is 87.8 Å². The highest BCUT2D eigenvalue weighted by molar-refractivity contribution is 7.56. The van der Waals surface area contributed by atoms with E-state index in [-0.39, 0.29) is 42.7 Å². The third kappa shape index (κ3) is 12.8. The van der Waals surface area contributed by atoms with Crippen LogP contribution in [0.25, 0.3) is 22.3 Å². The van der Waals surface area contributed by atoms with Crippen molar-refractivity contribution in [2.45, 2.75) is 109 Å². The van der Waals surface area contributed by atoms with E-state index in [1.54, 1.807) is 82.5 Å². The first kappa shape index (κ1) is 54.4. The average Bonchev–Trinajstić information content (AvgIpc) is 3.79. The predicted octanol–water partition coefficient (Wildman–Crippen LogP) is 9.49. The summed E-state index contributed by atoms with van der Waals surface area (Å²) in [6.07, 6.45) is 2.72. The van der Waals surface area contributed by atoms with E-state index in [1.807, 2.05) is 25.3 Å². The van der Waals surface area contributed by atoms with Gasteiger partial charge < -0.3 is 44.5 Å². The van der Waals surface area contributed by atoms with E-state index in [4.69, 9.17) is 42.7 Å². The number of fused-ring (bicyclic) bond motifs is 1. The number of amides is 3. The zero-order valence-corrected chi connectivity index (χ0v) is 44.5. The highest BCUT2D eigenvalue weighted by Crippen LogP contribution is 2.73. The molecule has 3 aliphatic rings. The molecule has 0 radical (unpaired) electrons. The number of likely N-dealkylation sites (tertiary alicyclic amines) is 1.